The van der Waals surface area contributed by atoms with Gasteiger partial charge in [-0.2, -0.15) is 4.98 Å². The maximum Gasteiger partial charge on any atom is 0.231 e. The third-order valence-electron chi connectivity index (χ3n) is 6.49. The minimum Gasteiger partial charge on any atom is -0.339 e. The van der Waals surface area contributed by atoms with Gasteiger partial charge in [0.15, 0.2) is 0 Å². The maximum atomic E-state index is 5.84. The summed E-state index contributed by atoms with van der Waals surface area (Å²) >= 11 is 0. The molecule has 0 N–H and O–H groups in total. The van der Waals surface area contributed by atoms with Crippen LogP contribution in [-0.2, 0) is 6.42 Å². The predicted molar refractivity (Wildman–Crippen MR) is 105 cm³/mol. The van der Waals surface area contributed by atoms with Crippen LogP contribution in [0.25, 0.3) is 11.4 Å². The molecule has 0 radical (unpaired) electrons. The molecule has 0 amide bonds. The summed E-state index contributed by atoms with van der Waals surface area (Å²) in [5.41, 5.74) is 2.42. The molecule has 0 saturated carbocycles. The molecule has 4 heteroatoms. The van der Waals surface area contributed by atoms with E-state index in [0.717, 1.165) is 17.9 Å². The van der Waals surface area contributed by atoms with Crippen LogP contribution in [0.4, 0.5) is 0 Å². The first-order valence-electron chi connectivity index (χ1n) is 9.94. The van der Waals surface area contributed by atoms with E-state index < -0.39 is 0 Å². The van der Waals surface area contributed by atoms with Gasteiger partial charge in [-0.1, -0.05) is 65.8 Å². The molecule has 0 aliphatic carbocycles. The van der Waals surface area contributed by atoms with Crippen molar-refractivity contribution in [2.45, 2.75) is 43.7 Å². The molecule has 2 aliphatic rings. The van der Waals surface area contributed by atoms with E-state index in [1.54, 1.807) is 0 Å². The molecule has 3 aromatic rings. The summed E-state index contributed by atoms with van der Waals surface area (Å²) < 4.78 is 5.84. The van der Waals surface area contributed by atoms with Crippen LogP contribution in [0, 0.1) is 5.92 Å². The third kappa shape index (κ3) is 3.08. The summed E-state index contributed by atoms with van der Waals surface area (Å²) in [5.74, 6) is 2.36. The van der Waals surface area contributed by atoms with Gasteiger partial charge in [-0.05, 0) is 44.2 Å². The van der Waals surface area contributed by atoms with Gasteiger partial charge in [0.05, 0.1) is 5.92 Å². The van der Waals surface area contributed by atoms with Crippen LogP contribution in [-0.4, -0.2) is 34.2 Å². The molecule has 4 atom stereocenters. The average molecular weight is 359 g/mol. The zero-order chi connectivity index (χ0) is 18.2. The van der Waals surface area contributed by atoms with Crippen molar-refractivity contribution in [1.29, 1.82) is 0 Å². The summed E-state index contributed by atoms with van der Waals surface area (Å²) in [5, 5.41) is 4.31. The van der Waals surface area contributed by atoms with Gasteiger partial charge >= 0.3 is 0 Å². The second-order valence-electron chi connectivity index (χ2n) is 8.00. The fourth-order valence-corrected chi connectivity index (χ4v) is 5.14. The van der Waals surface area contributed by atoms with Crippen molar-refractivity contribution in [2.75, 3.05) is 7.05 Å². The highest BCUT2D eigenvalue weighted by molar-refractivity contribution is 5.53. The number of piperidine rings is 1. The average Bonchev–Trinajstić information content (AvgIpc) is 3.28. The topological polar surface area (TPSA) is 42.2 Å². The van der Waals surface area contributed by atoms with E-state index >= 15 is 0 Å². The van der Waals surface area contributed by atoms with E-state index in [1.807, 2.05) is 30.3 Å². The third-order valence-corrected chi connectivity index (χ3v) is 6.49. The zero-order valence-corrected chi connectivity index (χ0v) is 15.7. The fourth-order valence-electron chi connectivity index (χ4n) is 5.14. The SMILES string of the molecule is CN1C2CC[C@@H]1[C@H](c1nc(-c3ccccc3)no1)[C@@H](Cc1ccccc1)C2. The molecule has 1 aromatic heterocycles. The Morgan fingerprint density at radius 1 is 1.00 bits per heavy atom. The lowest BCUT2D eigenvalue weighted by molar-refractivity contribution is 0.0905. The van der Waals surface area contributed by atoms with Crippen molar-refractivity contribution in [3.8, 4) is 11.4 Å². The Morgan fingerprint density at radius 2 is 1.74 bits per heavy atom. The largest absolute Gasteiger partial charge is 0.339 e. The Labute approximate surface area is 160 Å². The highest BCUT2D eigenvalue weighted by Crippen LogP contribution is 2.47. The molecule has 1 unspecified atom stereocenters. The smallest absolute Gasteiger partial charge is 0.231 e. The van der Waals surface area contributed by atoms with E-state index in [2.05, 4.69) is 47.4 Å². The first-order valence-corrected chi connectivity index (χ1v) is 9.94. The molecule has 0 spiro atoms. The van der Waals surface area contributed by atoms with Crippen LogP contribution in [0.5, 0.6) is 0 Å². The number of nitrogens with zero attached hydrogens (tertiary/aromatic N) is 3. The van der Waals surface area contributed by atoms with Crippen LogP contribution >= 0.6 is 0 Å². The van der Waals surface area contributed by atoms with Gasteiger partial charge in [0.25, 0.3) is 0 Å². The van der Waals surface area contributed by atoms with Gasteiger partial charge in [-0.15, -0.1) is 0 Å². The van der Waals surface area contributed by atoms with Crippen LogP contribution in [0.1, 0.15) is 36.6 Å². The highest BCUT2D eigenvalue weighted by atomic mass is 16.5. The van der Waals surface area contributed by atoms with Crippen molar-refractivity contribution in [2.24, 2.45) is 5.92 Å². The standard InChI is InChI=1S/C23H25N3O/c1-26-19-12-13-20(26)21(18(15-19)14-16-8-4-2-5-9-16)23-24-22(25-27-23)17-10-6-3-7-11-17/h2-11,18-21H,12-15H2,1H3/t18-,19?,20+,21+/m0/s1. The Bertz CT molecular complexity index is 892. The Kier molecular flexibility index (Phi) is 4.29. The van der Waals surface area contributed by atoms with Crippen LogP contribution in [0.2, 0.25) is 0 Å². The number of aromatic nitrogens is 2. The quantitative estimate of drug-likeness (QED) is 0.685. The summed E-state index contributed by atoms with van der Waals surface area (Å²) in [7, 11) is 2.27. The Morgan fingerprint density at radius 3 is 2.52 bits per heavy atom. The van der Waals surface area contributed by atoms with E-state index in [4.69, 9.17) is 9.51 Å². The fraction of sp³-hybridized carbons (Fsp3) is 0.391. The predicted octanol–water partition coefficient (Wildman–Crippen LogP) is 4.55. The maximum absolute atomic E-state index is 5.84. The number of hydrogen-bond donors (Lipinski definition) is 0. The molecule has 3 heterocycles. The van der Waals surface area contributed by atoms with Crippen molar-refractivity contribution in [3.63, 3.8) is 0 Å². The molecule has 2 aromatic carbocycles. The summed E-state index contributed by atoms with van der Waals surface area (Å²) in [4.78, 5) is 7.40. The molecule has 138 valence electrons. The van der Waals surface area contributed by atoms with Crippen molar-refractivity contribution >= 4 is 0 Å². The first kappa shape index (κ1) is 16.7. The molecule has 5 rings (SSSR count). The Balaban J connectivity index is 1.48. The van der Waals surface area contributed by atoms with Crippen molar-refractivity contribution < 1.29 is 4.52 Å². The second-order valence-corrected chi connectivity index (χ2v) is 8.00. The lowest BCUT2D eigenvalue weighted by Crippen LogP contribution is -2.46. The number of hydrogen-bond acceptors (Lipinski definition) is 4. The zero-order valence-electron chi connectivity index (χ0n) is 15.7. The number of benzene rings is 2. The van der Waals surface area contributed by atoms with Gasteiger partial charge < -0.3 is 4.52 Å². The monoisotopic (exact) mass is 359 g/mol. The van der Waals surface area contributed by atoms with Crippen LogP contribution in [0.15, 0.2) is 65.2 Å². The molecule has 27 heavy (non-hydrogen) atoms. The van der Waals surface area contributed by atoms with Crippen molar-refractivity contribution in [3.05, 3.63) is 72.1 Å². The molecular formula is C23H25N3O. The Hall–Kier alpha value is -2.46. The van der Waals surface area contributed by atoms with E-state index in [-0.39, 0.29) is 0 Å². The molecule has 2 bridgehead atoms. The molecule has 2 fully saturated rings. The molecule has 4 nitrogen and oxygen atoms in total. The molecule has 2 saturated heterocycles. The minimum atomic E-state index is 0.305. The number of likely N-dealkylation sites (N-methyl/N-ethyl adjacent to an activating group) is 1. The van der Waals surface area contributed by atoms with Crippen molar-refractivity contribution in [1.82, 2.24) is 15.0 Å². The lowest BCUT2D eigenvalue weighted by atomic mass is 9.77. The minimum absolute atomic E-state index is 0.305. The van der Waals surface area contributed by atoms with E-state index in [0.29, 0.717) is 29.7 Å². The summed E-state index contributed by atoms with van der Waals surface area (Å²) in [6.07, 6.45) is 4.79. The second kappa shape index (κ2) is 6.93. The number of rotatable bonds is 4. The van der Waals surface area contributed by atoms with E-state index in [9.17, 15) is 0 Å². The summed E-state index contributed by atoms with van der Waals surface area (Å²) in [6, 6.07) is 22.1. The lowest BCUT2D eigenvalue weighted by Gasteiger charge is -2.41. The van der Waals surface area contributed by atoms with Crippen LogP contribution < -0.4 is 0 Å². The van der Waals surface area contributed by atoms with E-state index in [1.165, 1.54) is 24.8 Å². The van der Waals surface area contributed by atoms with Gasteiger partial charge in [0.1, 0.15) is 0 Å². The first-order chi connectivity index (χ1) is 13.3. The normalized spacial score (nSPS) is 27.7. The highest BCUT2D eigenvalue weighted by Gasteiger charge is 2.48. The molecular weight excluding hydrogens is 334 g/mol. The summed E-state index contributed by atoms with van der Waals surface area (Å²) in [6.45, 7) is 0. The van der Waals surface area contributed by atoms with Gasteiger partial charge in [-0.25, -0.2) is 0 Å². The van der Waals surface area contributed by atoms with Gasteiger partial charge in [-0.3, -0.25) is 4.90 Å². The van der Waals surface area contributed by atoms with Gasteiger partial charge in [0, 0.05) is 17.6 Å². The molecule has 2 aliphatic heterocycles. The van der Waals surface area contributed by atoms with Crippen LogP contribution in [0.3, 0.4) is 0 Å². The van der Waals surface area contributed by atoms with Gasteiger partial charge in [0.2, 0.25) is 11.7 Å². The number of fused-ring (bicyclic) bond motifs is 2.